The first-order chi connectivity index (χ1) is 14.5. The van der Waals surface area contributed by atoms with Gasteiger partial charge >= 0.3 is 0 Å². The number of nitriles is 3. The van der Waals surface area contributed by atoms with Gasteiger partial charge in [-0.3, -0.25) is 0 Å². The van der Waals surface area contributed by atoms with Gasteiger partial charge in [-0.2, -0.15) is 15.8 Å². The highest BCUT2D eigenvalue weighted by molar-refractivity contribution is 5.99. The van der Waals surface area contributed by atoms with Crippen molar-refractivity contribution in [1.82, 2.24) is 0 Å². The SMILES string of the molecule is CCCCOc1ccc([C@@H]2CCC=C3C(C#N)C(=N)C(C#N)(C#N)C[C@H]32)cc1OC. The number of hydrogen-bond donors (Lipinski definition) is 1. The summed E-state index contributed by atoms with van der Waals surface area (Å²) in [4.78, 5) is 0. The summed E-state index contributed by atoms with van der Waals surface area (Å²) >= 11 is 0. The van der Waals surface area contributed by atoms with Gasteiger partial charge in [0.2, 0.25) is 0 Å². The van der Waals surface area contributed by atoms with Crippen LogP contribution in [0.1, 0.15) is 50.5 Å². The van der Waals surface area contributed by atoms with Crippen LogP contribution in [0.3, 0.4) is 0 Å². The Hall–Kier alpha value is -3.30. The van der Waals surface area contributed by atoms with Crippen LogP contribution >= 0.6 is 0 Å². The Morgan fingerprint density at radius 2 is 1.93 bits per heavy atom. The zero-order valence-corrected chi connectivity index (χ0v) is 17.4. The summed E-state index contributed by atoms with van der Waals surface area (Å²) in [7, 11) is 1.61. The smallest absolute Gasteiger partial charge is 0.183 e. The number of fused-ring (bicyclic) bond motifs is 1. The average Bonchev–Trinajstić information content (AvgIpc) is 2.78. The predicted molar refractivity (Wildman–Crippen MR) is 112 cm³/mol. The van der Waals surface area contributed by atoms with Gasteiger partial charge in [-0.25, -0.2) is 0 Å². The van der Waals surface area contributed by atoms with Gasteiger partial charge in [0.25, 0.3) is 0 Å². The summed E-state index contributed by atoms with van der Waals surface area (Å²) < 4.78 is 11.4. The van der Waals surface area contributed by atoms with E-state index in [1.165, 1.54) is 0 Å². The van der Waals surface area contributed by atoms with E-state index in [1.807, 2.05) is 36.4 Å². The fourth-order valence-corrected chi connectivity index (χ4v) is 4.59. The van der Waals surface area contributed by atoms with Gasteiger partial charge in [-0.15, -0.1) is 0 Å². The summed E-state index contributed by atoms with van der Waals surface area (Å²) in [6.45, 7) is 2.74. The van der Waals surface area contributed by atoms with E-state index in [0.29, 0.717) is 18.1 Å². The number of nitrogens with zero attached hydrogens (tertiary/aromatic N) is 3. The molecule has 0 bridgehead atoms. The van der Waals surface area contributed by atoms with E-state index in [0.717, 1.165) is 36.8 Å². The molecule has 1 aromatic carbocycles. The maximum Gasteiger partial charge on any atom is 0.183 e. The molecule has 3 atom stereocenters. The topological polar surface area (TPSA) is 114 Å². The average molecular weight is 402 g/mol. The van der Waals surface area contributed by atoms with Crippen LogP contribution in [0.15, 0.2) is 29.8 Å². The van der Waals surface area contributed by atoms with E-state index in [1.54, 1.807) is 7.11 Å². The number of allylic oxidation sites excluding steroid dienone is 2. The summed E-state index contributed by atoms with van der Waals surface area (Å²) in [6.07, 6.45) is 5.94. The van der Waals surface area contributed by atoms with Crippen molar-refractivity contribution in [1.29, 1.82) is 21.2 Å². The quantitative estimate of drug-likeness (QED) is 0.537. The number of unbranched alkanes of at least 4 members (excludes halogenated alkanes) is 1. The first-order valence-electron chi connectivity index (χ1n) is 10.4. The molecule has 1 unspecified atom stereocenters. The molecular weight excluding hydrogens is 376 g/mol. The van der Waals surface area contributed by atoms with Gasteiger partial charge in [0.1, 0.15) is 5.92 Å². The molecule has 0 amide bonds. The Labute approximate surface area is 177 Å². The van der Waals surface area contributed by atoms with Crippen LogP contribution in [0, 0.1) is 56.7 Å². The summed E-state index contributed by atoms with van der Waals surface area (Å²) in [5.74, 6) is 0.461. The zero-order chi connectivity index (χ0) is 21.7. The van der Waals surface area contributed by atoms with E-state index in [-0.39, 0.29) is 24.0 Å². The Morgan fingerprint density at radius 1 is 1.17 bits per heavy atom. The lowest BCUT2D eigenvalue weighted by Crippen LogP contribution is -2.44. The van der Waals surface area contributed by atoms with Crippen molar-refractivity contribution in [2.45, 2.75) is 44.9 Å². The maximum atomic E-state index is 9.71. The minimum atomic E-state index is -1.55. The second-order valence-electron chi connectivity index (χ2n) is 7.92. The van der Waals surface area contributed by atoms with Gasteiger partial charge in [-0.1, -0.05) is 25.5 Å². The third-order valence-corrected chi connectivity index (χ3v) is 6.26. The molecule has 0 heterocycles. The van der Waals surface area contributed by atoms with Crippen LogP contribution in [0.4, 0.5) is 0 Å². The minimum absolute atomic E-state index is 0.0496. The van der Waals surface area contributed by atoms with E-state index in [4.69, 9.17) is 14.9 Å². The Balaban J connectivity index is 1.97. The number of hydrogen-bond acceptors (Lipinski definition) is 6. The monoisotopic (exact) mass is 402 g/mol. The summed E-state index contributed by atoms with van der Waals surface area (Å²) in [6, 6.07) is 12.1. The molecule has 1 N–H and O–H groups in total. The lowest BCUT2D eigenvalue weighted by atomic mass is 9.57. The molecule has 154 valence electrons. The van der Waals surface area contributed by atoms with Crippen LogP contribution < -0.4 is 9.47 Å². The Kier molecular flexibility index (Phi) is 6.43. The molecule has 0 saturated heterocycles. The largest absolute Gasteiger partial charge is 0.493 e. The molecule has 30 heavy (non-hydrogen) atoms. The first kappa shape index (κ1) is 21.4. The maximum absolute atomic E-state index is 9.71. The van der Waals surface area contributed by atoms with Crippen LogP contribution in [0.2, 0.25) is 0 Å². The first-order valence-corrected chi connectivity index (χ1v) is 10.4. The third kappa shape index (κ3) is 3.64. The molecule has 2 aliphatic carbocycles. The molecule has 1 fully saturated rings. The second-order valence-corrected chi connectivity index (χ2v) is 7.92. The number of ether oxygens (including phenoxy) is 2. The van der Waals surface area contributed by atoms with Crippen LogP contribution in [0.25, 0.3) is 0 Å². The molecule has 1 aromatic rings. The minimum Gasteiger partial charge on any atom is -0.493 e. The lowest BCUT2D eigenvalue weighted by Gasteiger charge is -2.43. The van der Waals surface area contributed by atoms with Crippen LogP contribution in [-0.4, -0.2) is 19.4 Å². The molecule has 0 spiro atoms. The normalized spacial score (nSPS) is 24.4. The number of benzene rings is 1. The highest BCUT2D eigenvalue weighted by Gasteiger charge is 2.51. The molecule has 6 heteroatoms. The van der Waals surface area contributed by atoms with Crippen LogP contribution in [-0.2, 0) is 0 Å². The van der Waals surface area contributed by atoms with Crippen molar-refractivity contribution in [3.8, 4) is 29.7 Å². The highest BCUT2D eigenvalue weighted by Crippen LogP contribution is 2.52. The van der Waals surface area contributed by atoms with Gasteiger partial charge in [0.05, 0.1) is 37.6 Å². The third-order valence-electron chi connectivity index (χ3n) is 6.26. The van der Waals surface area contributed by atoms with Crippen LogP contribution in [0.5, 0.6) is 11.5 Å². The molecular formula is C24H26N4O2. The van der Waals surface area contributed by atoms with Gasteiger partial charge in [0, 0.05) is 0 Å². The molecule has 1 saturated carbocycles. The molecule has 0 radical (unpaired) electrons. The molecule has 0 aliphatic heterocycles. The number of nitrogens with one attached hydrogen (secondary N) is 1. The van der Waals surface area contributed by atoms with E-state index >= 15 is 0 Å². The lowest BCUT2D eigenvalue weighted by molar-refractivity contribution is 0.287. The molecule has 2 aliphatic rings. The number of rotatable bonds is 6. The van der Waals surface area contributed by atoms with Crippen molar-refractivity contribution < 1.29 is 9.47 Å². The Morgan fingerprint density at radius 3 is 2.57 bits per heavy atom. The summed E-state index contributed by atoms with van der Waals surface area (Å²) in [5, 5.41) is 37.5. The highest BCUT2D eigenvalue weighted by atomic mass is 16.5. The zero-order valence-electron chi connectivity index (χ0n) is 17.4. The van der Waals surface area contributed by atoms with E-state index in [2.05, 4.69) is 13.0 Å². The second kappa shape index (κ2) is 9.02. The van der Waals surface area contributed by atoms with E-state index in [9.17, 15) is 15.8 Å². The standard InChI is InChI=1S/C24H26N4O2/c1-3-4-10-30-21-9-8-16(11-22(21)29-2)17-6-5-7-18-19(17)12-24(14-26,15-27)23(28)20(18)13-25/h7-9,11,17,19-20,28H,3-6,10,12H2,1-2H3/t17-,19-,20?/m0/s1. The number of methoxy groups -OCH3 is 1. The van der Waals surface area contributed by atoms with E-state index < -0.39 is 11.3 Å². The Bertz CT molecular complexity index is 962. The molecule has 3 rings (SSSR count). The van der Waals surface area contributed by atoms with Crippen molar-refractivity contribution in [2.75, 3.05) is 13.7 Å². The molecule has 0 aromatic heterocycles. The molecule has 6 nitrogen and oxygen atoms in total. The van der Waals surface area contributed by atoms with Gasteiger partial charge < -0.3 is 14.9 Å². The van der Waals surface area contributed by atoms with Crippen molar-refractivity contribution in [2.24, 2.45) is 17.3 Å². The summed E-state index contributed by atoms with van der Waals surface area (Å²) in [5.41, 5.74) is 0.281. The predicted octanol–water partition coefficient (Wildman–Crippen LogP) is 4.89. The van der Waals surface area contributed by atoms with Gasteiger partial charge in [-0.05, 0) is 60.8 Å². The van der Waals surface area contributed by atoms with Gasteiger partial charge in [0.15, 0.2) is 16.9 Å². The fraction of sp³-hybridized carbons (Fsp3) is 0.500. The van der Waals surface area contributed by atoms with Crippen molar-refractivity contribution in [3.63, 3.8) is 0 Å². The fourth-order valence-electron chi connectivity index (χ4n) is 4.59. The van der Waals surface area contributed by atoms with Crippen molar-refractivity contribution >= 4 is 5.71 Å². The van der Waals surface area contributed by atoms with Crippen molar-refractivity contribution in [3.05, 3.63) is 35.4 Å².